The zero-order valence-electron chi connectivity index (χ0n) is 16.6. The lowest BCUT2D eigenvalue weighted by atomic mass is 10.2. The fraction of sp³-hybridized carbons (Fsp3) is 0.350. The van der Waals surface area contributed by atoms with Gasteiger partial charge in [-0.25, -0.2) is 13.1 Å². The van der Waals surface area contributed by atoms with Crippen molar-refractivity contribution in [1.82, 2.24) is 4.72 Å². The molecule has 9 nitrogen and oxygen atoms in total. The van der Waals surface area contributed by atoms with Gasteiger partial charge in [0.05, 0.1) is 14.2 Å². The van der Waals surface area contributed by atoms with Crippen molar-refractivity contribution in [3.05, 3.63) is 36.4 Å². The van der Waals surface area contributed by atoms with E-state index in [1.807, 2.05) is 0 Å². The predicted molar refractivity (Wildman–Crippen MR) is 108 cm³/mol. The van der Waals surface area contributed by atoms with E-state index in [0.717, 1.165) is 0 Å². The Morgan fingerprint density at radius 1 is 1.03 bits per heavy atom. The summed E-state index contributed by atoms with van der Waals surface area (Å²) in [5, 5.41) is 0. The molecule has 0 radical (unpaired) electrons. The molecule has 160 valence electrons. The standard InChI is InChI=1S/C20H22N2O7S/c1-26-15-4-6-17(27-2)19(11-15)30(24,25)21-13-9-20(23)22(12-13)14-3-5-16-18(10-14)29-8-7-28-16/h3-6,10-11,13,21H,7-9,12H2,1-2H3/t13-/m1/s1. The van der Waals surface area contributed by atoms with Gasteiger partial charge in [0.25, 0.3) is 0 Å². The van der Waals surface area contributed by atoms with Gasteiger partial charge in [-0.2, -0.15) is 0 Å². The quantitative estimate of drug-likeness (QED) is 0.736. The zero-order valence-corrected chi connectivity index (χ0v) is 17.4. The van der Waals surface area contributed by atoms with Gasteiger partial charge in [-0.1, -0.05) is 0 Å². The molecule has 1 saturated heterocycles. The zero-order chi connectivity index (χ0) is 21.3. The van der Waals surface area contributed by atoms with E-state index in [0.29, 0.717) is 36.1 Å². The van der Waals surface area contributed by atoms with Crippen LogP contribution < -0.4 is 28.6 Å². The smallest absolute Gasteiger partial charge is 0.244 e. The lowest BCUT2D eigenvalue weighted by Crippen LogP contribution is -2.37. The molecule has 1 amide bonds. The maximum atomic E-state index is 13.0. The first kappa shape index (κ1) is 20.3. The molecule has 2 heterocycles. The molecule has 30 heavy (non-hydrogen) atoms. The average Bonchev–Trinajstić information content (AvgIpc) is 3.12. The maximum Gasteiger partial charge on any atom is 0.244 e. The normalized spacial score (nSPS) is 18.4. The summed E-state index contributed by atoms with van der Waals surface area (Å²) >= 11 is 0. The molecular formula is C20H22N2O7S. The van der Waals surface area contributed by atoms with Gasteiger partial charge in [-0.15, -0.1) is 0 Å². The number of carbonyl (C=O) groups excluding carboxylic acids is 1. The molecular weight excluding hydrogens is 412 g/mol. The molecule has 1 atom stereocenters. The summed E-state index contributed by atoms with van der Waals surface area (Å²) in [4.78, 5) is 14.1. The first-order chi connectivity index (χ1) is 14.4. The number of methoxy groups -OCH3 is 2. The van der Waals surface area contributed by atoms with Gasteiger partial charge in [0.2, 0.25) is 15.9 Å². The minimum Gasteiger partial charge on any atom is -0.497 e. The summed E-state index contributed by atoms with van der Waals surface area (Å²) in [5.74, 6) is 1.58. The number of anilines is 1. The van der Waals surface area contributed by atoms with Crippen LogP contribution in [0.1, 0.15) is 6.42 Å². The van der Waals surface area contributed by atoms with E-state index in [1.165, 1.54) is 31.3 Å². The Morgan fingerprint density at radius 3 is 2.53 bits per heavy atom. The van der Waals surface area contributed by atoms with E-state index in [9.17, 15) is 13.2 Å². The van der Waals surface area contributed by atoms with Crippen molar-refractivity contribution in [2.75, 3.05) is 38.9 Å². The molecule has 2 aromatic rings. The molecule has 0 bridgehead atoms. The topological polar surface area (TPSA) is 103 Å². The number of ether oxygens (including phenoxy) is 4. The molecule has 2 aliphatic rings. The monoisotopic (exact) mass is 434 g/mol. The third-order valence-electron chi connectivity index (χ3n) is 4.94. The highest BCUT2D eigenvalue weighted by atomic mass is 32.2. The molecule has 2 aliphatic heterocycles. The summed E-state index contributed by atoms with van der Waals surface area (Å²) in [6.45, 7) is 1.12. The molecule has 2 aromatic carbocycles. The molecule has 4 rings (SSSR count). The lowest BCUT2D eigenvalue weighted by Gasteiger charge is -2.22. The first-order valence-electron chi connectivity index (χ1n) is 9.35. The highest BCUT2D eigenvalue weighted by molar-refractivity contribution is 7.89. The summed E-state index contributed by atoms with van der Waals surface area (Å²) in [6.07, 6.45) is 0.0416. The Bertz CT molecular complexity index is 1070. The lowest BCUT2D eigenvalue weighted by molar-refractivity contribution is -0.117. The Hall–Kier alpha value is -2.98. The molecule has 10 heteroatoms. The number of sulfonamides is 1. The molecule has 0 spiro atoms. The Morgan fingerprint density at radius 2 is 1.80 bits per heavy atom. The Kier molecular flexibility index (Phi) is 5.44. The first-order valence-corrected chi connectivity index (χ1v) is 10.8. The molecule has 1 fully saturated rings. The van der Waals surface area contributed by atoms with E-state index in [2.05, 4.69) is 4.72 Å². The maximum absolute atomic E-state index is 13.0. The fourth-order valence-corrected chi connectivity index (χ4v) is 4.92. The van der Waals surface area contributed by atoms with Gasteiger partial charge in [0.15, 0.2) is 11.5 Å². The van der Waals surface area contributed by atoms with Crippen molar-refractivity contribution < 1.29 is 32.2 Å². The van der Waals surface area contributed by atoms with Crippen LogP contribution >= 0.6 is 0 Å². The highest BCUT2D eigenvalue weighted by Gasteiger charge is 2.35. The van der Waals surface area contributed by atoms with Crippen LogP contribution in [0.15, 0.2) is 41.3 Å². The summed E-state index contributed by atoms with van der Waals surface area (Å²) < 4.78 is 49.9. The number of nitrogens with zero attached hydrogens (tertiary/aromatic N) is 1. The molecule has 0 saturated carbocycles. The van der Waals surface area contributed by atoms with Crippen LogP contribution in [0.5, 0.6) is 23.0 Å². The minimum atomic E-state index is -3.94. The van der Waals surface area contributed by atoms with E-state index in [4.69, 9.17) is 18.9 Å². The van der Waals surface area contributed by atoms with Gasteiger partial charge in [-0.3, -0.25) is 4.79 Å². The number of hydrogen-bond acceptors (Lipinski definition) is 7. The van der Waals surface area contributed by atoms with E-state index >= 15 is 0 Å². The fourth-order valence-electron chi connectivity index (χ4n) is 3.51. The molecule has 0 aliphatic carbocycles. The van der Waals surface area contributed by atoms with Crippen molar-refractivity contribution in [3.63, 3.8) is 0 Å². The second-order valence-corrected chi connectivity index (χ2v) is 8.55. The van der Waals surface area contributed by atoms with Crippen LogP contribution in [0.4, 0.5) is 5.69 Å². The van der Waals surface area contributed by atoms with Crippen LogP contribution in [-0.2, 0) is 14.8 Å². The number of carbonyl (C=O) groups is 1. The van der Waals surface area contributed by atoms with Gasteiger partial charge in [0.1, 0.15) is 29.6 Å². The van der Waals surface area contributed by atoms with Crippen LogP contribution in [-0.4, -0.2) is 54.3 Å². The largest absolute Gasteiger partial charge is 0.497 e. The van der Waals surface area contributed by atoms with Crippen molar-refractivity contribution in [1.29, 1.82) is 0 Å². The number of fused-ring (bicyclic) bond motifs is 1. The molecule has 0 unspecified atom stereocenters. The van der Waals surface area contributed by atoms with E-state index < -0.39 is 16.1 Å². The number of amides is 1. The minimum absolute atomic E-state index is 0.0416. The van der Waals surface area contributed by atoms with Crippen LogP contribution in [0.2, 0.25) is 0 Å². The Balaban J connectivity index is 1.53. The molecule has 0 aromatic heterocycles. The van der Waals surface area contributed by atoms with Crippen molar-refractivity contribution in [2.24, 2.45) is 0 Å². The summed E-state index contributed by atoms with van der Waals surface area (Å²) in [5.41, 5.74) is 0.630. The van der Waals surface area contributed by atoms with Crippen LogP contribution in [0.3, 0.4) is 0 Å². The summed E-state index contributed by atoms with van der Waals surface area (Å²) in [6, 6.07) is 9.16. The van der Waals surface area contributed by atoms with Crippen molar-refractivity contribution >= 4 is 21.6 Å². The van der Waals surface area contributed by atoms with Gasteiger partial charge < -0.3 is 23.8 Å². The average molecular weight is 434 g/mol. The summed E-state index contributed by atoms with van der Waals surface area (Å²) in [7, 11) is -1.10. The third kappa shape index (κ3) is 3.88. The van der Waals surface area contributed by atoms with Crippen molar-refractivity contribution in [2.45, 2.75) is 17.4 Å². The molecule has 1 N–H and O–H groups in total. The van der Waals surface area contributed by atoms with Crippen LogP contribution in [0.25, 0.3) is 0 Å². The van der Waals surface area contributed by atoms with Crippen LogP contribution in [0, 0.1) is 0 Å². The number of benzene rings is 2. The van der Waals surface area contributed by atoms with Gasteiger partial charge in [0, 0.05) is 36.8 Å². The number of hydrogen-bond donors (Lipinski definition) is 1. The number of rotatable bonds is 6. The predicted octanol–water partition coefficient (Wildman–Crippen LogP) is 1.56. The van der Waals surface area contributed by atoms with Crippen molar-refractivity contribution in [3.8, 4) is 23.0 Å². The SMILES string of the molecule is COc1ccc(OC)c(S(=O)(=O)N[C@@H]2CC(=O)N(c3ccc4c(c3)OCCO4)C2)c1. The van der Waals surface area contributed by atoms with Gasteiger partial charge >= 0.3 is 0 Å². The highest BCUT2D eigenvalue weighted by Crippen LogP contribution is 2.35. The second-order valence-electron chi connectivity index (χ2n) is 6.87. The third-order valence-corrected chi connectivity index (χ3v) is 6.49. The van der Waals surface area contributed by atoms with E-state index in [-0.39, 0.29) is 29.5 Å². The van der Waals surface area contributed by atoms with Gasteiger partial charge in [-0.05, 0) is 24.3 Å². The number of nitrogens with one attached hydrogen (secondary N) is 1. The Labute approximate surface area is 174 Å². The second kappa shape index (κ2) is 8.04. The van der Waals surface area contributed by atoms with E-state index in [1.54, 1.807) is 24.3 Å².